The van der Waals surface area contributed by atoms with Gasteiger partial charge in [-0.2, -0.15) is 0 Å². The van der Waals surface area contributed by atoms with Crippen LogP contribution in [0.5, 0.6) is 0 Å². The largest absolute Gasteiger partial charge is 0.392 e. The molecule has 0 radical (unpaired) electrons. The molecule has 0 amide bonds. The topological polar surface area (TPSA) is 49.5 Å². The van der Waals surface area contributed by atoms with Crippen LogP contribution in [0, 0.1) is 13.8 Å². The van der Waals surface area contributed by atoms with Crippen LogP contribution in [0.2, 0.25) is 0 Å². The molecule has 2 heterocycles. The van der Waals surface area contributed by atoms with Crippen molar-refractivity contribution in [1.82, 2.24) is 10.1 Å². The minimum absolute atomic E-state index is 0.268. The Bertz CT molecular complexity index is 354. The van der Waals surface area contributed by atoms with Gasteiger partial charge in [0.2, 0.25) is 0 Å². The van der Waals surface area contributed by atoms with E-state index in [1.807, 2.05) is 20.8 Å². The number of piperidine rings is 1. The van der Waals surface area contributed by atoms with Gasteiger partial charge in [0.1, 0.15) is 5.76 Å². The lowest BCUT2D eigenvalue weighted by atomic mass is 9.97. The zero-order valence-electron chi connectivity index (χ0n) is 10.9. The Balaban J connectivity index is 2.11. The van der Waals surface area contributed by atoms with Gasteiger partial charge in [-0.3, -0.25) is 4.90 Å². The maximum atomic E-state index is 9.83. The Morgan fingerprint density at radius 1 is 1.47 bits per heavy atom. The van der Waals surface area contributed by atoms with Gasteiger partial charge in [-0.15, -0.1) is 0 Å². The SMILES string of the molecule is Cc1noc(C)c1CN1CCCCC1C(C)O. The molecular weight excluding hydrogens is 216 g/mol. The molecule has 1 N–H and O–H groups in total. The summed E-state index contributed by atoms with van der Waals surface area (Å²) in [5.74, 6) is 0.900. The van der Waals surface area contributed by atoms with Gasteiger partial charge in [0.15, 0.2) is 0 Å². The quantitative estimate of drug-likeness (QED) is 0.875. The van der Waals surface area contributed by atoms with Crippen molar-refractivity contribution < 1.29 is 9.63 Å². The summed E-state index contributed by atoms with van der Waals surface area (Å²) < 4.78 is 5.19. The van der Waals surface area contributed by atoms with Crippen molar-refractivity contribution in [2.24, 2.45) is 0 Å². The lowest BCUT2D eigenvalue weighted by Crippen LogP contribution is -2.45. The second-order valence-corrected chi connectivity index (χ2v) is 5.08. The molecule has 1 aromatic heterocycles. The van der Waals surface area contributed by atoms with Crippen molar-refractivity contribution in [2.75, 3.05) is 6.54 Å². The standard InChI is InChI=1S/C13H22N2O2/c1-9-12(11(3)17-14-9)8-15-7-5-4-6-13(15)10(2)16/h10,13,16H,4-8H2,1-3H3. The molecule has 1 saturated heterocycles. The fourth-order valence-corrected chi connectivity index (χ4v) is 2.69. The number of aliphatic hydroxyl groups excluding tert-OH is 1. The van der Waals surface area contributed by atoms with Crippen LogP contribution in [-0.2, 0) is 6.54 Å². The first kappa shape index (κ1) is 12.6. The van der Waals surface area contributed by atoms with E-state index < -0.39 is 0 Å². The second kappa shape index (κ2) is 5.19. The molecule has 1 fully saturated rings. The van der Waals surface area contributed by atoms with Gasteiger partial charge in [0.25, 0.3) is 0 Å². The highest BCUT2D eigenvalue weighted by Crippen LogP contribution is 2.24. The lowest BCUT2D eigenvalue weighted by Gasteiger charge is -2.37. The third kappa shape index (κ3) is 2.69. The Morgan fingerprint density at radius 3 is 2.82 bits per heavy atom. The molecule has 0 aliphatic carbocycles. The highest BCUT2D eigenvalue weighted by molar-refractivity contribution is 5.20. The molecule has 1 aliphatic rings. The van der Waals surface area contributed by atoms with Gasteiger partial charge in [-0.25, -0.2) is 0 Å². The fourth-order valence-electron chi connectivity index (χ4n) is 2.69. The summed E-state index contributed by atoms with van der Waals surface area (Å²) >= 11 is 0. The van der Waals surface area contributed by atoms with E-state index in [9.17, 15) is 5.11 Å². The van der Waals surface area contributed by atoms with Crippen LogP contribution >= 0.6 is 0 Å². The van der Waals surface area contributed by atoms with Crippen LogP contribution in [0.3, 0.4) is 0 Å². The van der Waals surface area contributed by atoms with Gasteiger partial charge < -0.3 is 9.63 Å². The summed E-state index contributed by atoms with van der Waals surface area (Å²) in [6, 6.07) is 0.275. The zero-order chi connectivity index (χ0) is 12.4. The monoisotopic (exact) mass is 238 g/mol. The first-order chi connectivity index (χ1) is 8.09. The van der Waals surface area contributed by atoms with Crippen LogP contribution in [-0.4, -0.2) is 33.9 Å². The van der Waals surface area contributed by atoms with Crippen LogP contribution in [0.25, 0.3) is 0 Å². The van der Waals surface area contributed by atoms with E-state index in [0.29, 0.717) is 0 Å². The number of nitrogens with zero attached hydrogens (tertiary/aromatic N) is 2. The number of hydrogen-bond donors (Lipinski definition) is 1. The number of aryl methyl sites for hydroxylation is 2. The fraction of sp³-hybridized carbons (Fsp3) is 0.769. The molecule has 2 unspecified atom stereocenters. The predicted octanol–water partition coefficient (Wildman–Crippen LogP) is 2.03. The Kier molecular flexibility index (Phi) is 3.84. The third-order valence-electron chi connectivity index (χ3n) is 3.76. The van der Waals surface area contributed by atoms with Crippen molar-refractivity contribution in [2.45, 2.75) is 58.7 Å². The molecule has 2 atom stereocenters. The predicted molar refractivity (Wildman–Crippen MR) is 65.7 cm³/mol. The van der Waals surface area contributed by atoms with Crippen LogP contribution in [0.4, 0.5) is 0 Å². The molecule has 2 rings (SSSR count). The molecule has 4 heteroatoms. The Hall–Kier alpha value is -0.870. The molecule has 96 valence electrons. The zero-order valence-corrected chi connectivity index (χ0v) is 10.9. The Labute approximate surface area is 103 Å². The van der Waals surface area contributed by atoms with Crippen LogP contribution < -0.4 is 0 Å². The maximum Gasteiger partial charge on any atom is 0.138 e. The lowest BCUT2D eigenvalue weighted by molar-refractivity contribution is 0.0313. The van der Waals surface area contributed by atoms with E-state index in [-0.39, 0.29) is 12.1 Å². The van der Waals surface area contributed by atoms with Gasteiger partial charge >= 0.3 is 0 Å². The van der Waals surface area contributed by atoms with E-state index in [0.717, 1.165) is 31.0 Å². The molecule has 1 aliphatic heterocycles. The van der Waals surface area contributed by atoms with Crippen molar-refractivity contribution in [3.8, 4) is 0 Å². The molecule has 4 nitrogen and oxygen atoms in total. The molecular formula is C13H22N2O2. The molecule has 0 bridgehead atoms. The van der Waals surface area contributed by atoms with E-state index in [1.54, 1.807) is 0 Å². The maximum absolute atomic E-state index is 9.83. The van der Waals surface area contributed by atoms with Crippen LogP contribution in [0.15, 0.2) is 4.52 Å². The van der Waals surface area contributed by atoms with E-state index in [2.05, 4.69) is 10.1 Å². The normalized spacial score (nSPS) is 23.9. The van der Waals surface area contributed by atoms with E-state index in [4.69, 9.17) is 4.52 Å². The number of rotatable bonds is 3. The van der Waals surface area contributed by atoms with E-state index in [1.165, 1.54) is 18.4 Å². The van der Waals surface area contributed by atoms with Gasteiger partial charge in [-0.05, 0) is 40.2 Å². The van der Waals surface area contributed by atoms with Gasteiger partial charge in [0.05, 0.1) is 11.8 Å². The first-order valence-corrected chi connectivity index (χ1v) is 6.43. The summed E-state index contributed by atoms with van der Waals surface area (Å²) in [5.41, 5.74) is 2.15. The molecule has 0 aromatic carbocycles. The number of likely N-dealkylation sites (tertiary alicyclic amines) is 1. The second-order valence-electron chi connectivity index (χ2n) is 5.08. The molecule has 0 spiro atoms. The summed E-state index contributed by atoms with van der Waals surface area (Å²) in [6.07, 6.45) is 3.25. The van der Waals surface area contributed by atoms with E-state index >= 15 is 0 Å². The minimum atomic E-state index is -0.268. The Morgan fingerprint density at radius 2 is 2.24 bits per heavy atom. The number of aliphatic hydroxyl groups is 1. The van der Waals surface area contributed by atoms with Crippen molar-refractivity contribution in [3.63, 3.8) is 0 Å². The summed E-state index contributed by atoms with van der Waals surface area (Å²) in [7, 11) is 0. The summed E-state index contributed by atoms with van der Waals surface area (Å²) in [4.78, 5) is 2.36. The minimum Gasteiger partial charge on any atom is -0.392 e. The smallest absolute Gasteiger partial charge is 0.138 e. The average molecular weight is 238 g/mol. The van der Waals surface area contributed by atoms with Gasteiger partial charge in [-0.1, -0.05) is 11.6 Å². The summed E-state index contributed by atoms with van der Waals surface area (Å²) in [6.45, 7) is 7.72. The first-order valence-electron chi connectivity index (χ1n) is 6.43. The van der Waals surface area contributed by atoms with Crippen molar-refractivity contribution in [1.29, 1.82) is 0 Å². The molecule has 17 heavy (non-hydrogen) atoms. The number of aromatic nitrogens is 1. The highest BCUT2D eigenvalue weighted by Gasteiger charge is 2.27. The van der Waals surface area contributed by atoms with Crippen molar-refractivity contribution >= 4 is 0 Å². The van der Waals surface area contributed by atoms with Crippen LogP contribution in [0.1, 0.15) is 43.2 Å². The molecule has 1 aromatic rings. The number of hydrogen-bond acceptors (Lipinski definition) is 4. The molecule has 0 saturated carbocycles. The highest BCUT2D eigenvalue weighted by atomic mass is 16.5. The average Bonchev–Trinajstić information content (AvgIpc) is 2.61. The van der Waals surface area contributed by atoms with Gasteiger partial charge in [0, 0.05) is 18.2 Å². The summed E-state index contributed by atoms with van der Waals surface area (Å²) in [5, 5.41) is 13.8. The van der Waals surface area contributed by atoms with Crippen molar-refractivity contribution in [3.05, 3.63) is 17.0 Å². The third-order valence-corrected chi connectivity index (χ3v) is 3.76.